The standard InChI is InChI=1S/C17H19N3O4S/c1-11(2)10-24-13-7-5-4-6-12(13)9-18-20-17-19-16(22)14(25-17)8-15(21)23-3/h4-9,11H,10H2,1-3H3,(H,19,20,22)/b14-8+,18-9?. The van der Waals surface area contributed by atoms with Gasteiger partial charge in [-0.3, -0.25) is 10.1 Å². The molecular formula is C17H19N3O4S. The molecule has 0 aliphatic carbocycles. The summed E-state index contributed by atoms with van der Waals surface area (Å²) < 4.78 is 10.2. The molecule has 1 heterocycles. The van der Waals surface area contributed by atoms with Gasteiger partial charge in [0.1, 0.15) is 5.75 Å². The van der Waals surface area contributed by atoms with E-state index in [1.807, 2.05) is 24.3 Å². The number of carbonyl (C=O) groups is 2. The topological polar surface area (TPSA) is 89.3 Å². The summed E-state index contributed by atoms with van der Waals surface area (Å²) in [5.41, 5.74) is 0.784. The molecule has 7 nitrogen and oxygen atoms in total. The normalized spacial score (nSPS) is 17.5. The second-order valence-corrected chi connectivity index (χ2v) is 6.51. The van der Waals surface area contributed by atoms with Gasteiger partial charge in [-0.1, -0.05) is 26.0 Å². The number of methoxy groups -OCH3 is 1. The number of rotatable bonds is 6. The van der Waals surface area contributed by atoms with E-state index in [0.717, 1.165) is 29.2 Å². The van der Waals surface area contributed by atoms with Crippen LogP contribution in [0.5, 0.6) is 5.75 Å². The average molecular weight is 361 g/mol. The van der Waals surface area contributed by atoms with Gasteiger partial charge in [-0.15, -0.1) is 5.10 Å². The predicted octanol–water partition coefficient (Wildman–Crippen LogP) is 2.33. The van der Waals surface area contributed by atoms with E-state index in [-0.39, 0.29) is 10.1 Å². The van der Waals surface area contributed by atoms with Gasteiger partial charge in [0.05, 0.1) is 24.8 Å². The van der Waals surface area contributed by atoms with E-state index in [4.69, 9.17) is 4.74 Å². The fraction of sp³-hybridized carbons (Fsp3) is 0.294. The number of hydrogen-bond acceptors (Lipinski definition) is 7. The van der Waals surface area contributed by atoms with Crippen molar-refractivity contribution in [3.8, 4) is 5.75 Å². The molecule has 1 N–H and O–H groups in total. The van der Waals surface area contributed by atoms with Crippen molar-refractivity contribution in [3.05, 3.63) is 40.8 Å². The molecule has 2 rings (SSSR count). The molecular weight excluding hydrogens is 342 g/mol. The molecule has 0 saturated carbocycles. The molecule has 0 bridgehead atoms. The summed E-state index contributed by atoms with van der Waals surface area (Å²) in [4.78, 5) is 23.1. The summed E-state index contributed by atoms with van der Waals surface area (Å²) in [6.07, 6.45) is 2.67. The van der Waals surface area contributed by atoms with Crippen molar-refractivity contribution in [2.75, 3.05) is 13.7 Å². The zero-order chi connectivity index (χ0) is 18.2. The van der Waals surface area contributed by atoms with Crippen molar-refractivity contribution in [1.29, 1.82) is 0 Å². The van der Waals surface area contributed by atoms with Crippen LogP contribution >= 0.6 is 11.8 Å². The van der Waals surface area contributed by atoms with Crippen molar-refractivity contribution < 1.29 is 19.1 Å². The number of nitrogens with zero attached hydrogens (tertiary/aromatic N) is 2. The lowest BCUT2D eigenvalue weighted by Crippen LogP contribution is -2.19. The van der Waals surface area contributed by atoms with Gasteiger partial charge >= 0.3 is 5.97 Å². The molecule has 1 aliphatic rings. The highest BCUT2D eigenvalue weighted by molar-refractivity contribution is 8.18. The van der Waals surface area contributed by atoms with E-state index < -0.39 is 11.9 Å². The summed E-state index contributed by atoms with van der Waals surface area (Å²) in [6, 6.07) is 7.48. The molecule has 0 atom stereocenters. The van der Waals surface area contributed by atoms with E-state index >= 15 is 0 Å². The van der Waals surface area contributed by atoms with Crippen LogP contribution < -0.4 is 10.1 Å². The third-order valence-electron chi connectivity index (χ3n) is 2.94. The molecule has 25 heavy (non-hydrogen) atoms. The summed E-state index contributed by atoms with van der Waals surface area (Å²) in [5.74, 6) is 0.119. The molecule has 1 aromatic rings. The van der Waals surface area contributed by atoms with Gasteiger partial charge in [0.15, 0.2) is 5.17 Å². The molecule has 1 aromatic carbocycles. The third kappa shape index (κ3) is 5.75. The lowest BCUT2D eigenvalue weighted by Gasteiger charge is -2.10. The maximum atomic E-state index is 11.7. The number of amides is 1. The fourth-order valence-electron chi connectivity index (χ4n) is 1.76. The Morgan fingerprint density at radius 3 is 2.84 bits per heavy atom. The minimum Gasteiger partial charge on any atom is -0.493 e. The second kappa shape index (κ2) is 9.03. The maximum absolute atomic E-state index is 11.7. The van der Waals surface area contributed by atoms with Gasteiger partial charge in [-0.25, -0.2) is 4.79 Å². The van der Waals surface area contributed by atoms with Crippen LogP contribution in [0.3, 0.4) is 0 Å². The Balaban J connectivity index is 2.06. The van der Waals surface area contributed by atoms with Crippen molar-refractivity contribution in [3.63, 3.8) is 0 Å². The van der Waals surface area contributed by atoms with Crippen molar-refractivity contribution in [2.24, 2.45) is 16.1 Å². The van der Waals surface area contributed by atoms with E-state index in [2.05, 4.69) is 34.1 Å². The molecule has 1 fully saturated rings. The molecule has 1 aliphatic heterocycles. The number of para-hydroxylation sites is 1. The lowest BCUT2D eigenvalue weighted by molar-refractivity contribution is -0.135. The van der Waals surface area contributed by atoms with Gasteiger partial charge < -0.3 is 9.47 Å². The van der Waals surface area contributed by atoms with Crippen LogP contribution in [-0.2, 0) is 14.3 Å². The summed E-state index contributed by atoms with van der Waals surface area (Å²) >= 11 is 1.02. The molecule has 1 saturated heterocycles. The second-order valence-electron chi connectivity index (χ2n) is 5.48. The first-order chi connectivity index (χ1) is 12.0. The quantitative estimate of drug-likeness (QED) is 0.363. The average Bonchev–Trinajstić information content (AvgIpc) is 2.93. The maximum Gasteiger partial charge on any atom is 0.331 e. The first kappa shape index (κ1) is 18.7. The monoisotopic (exact) mass is 361 g/mol. The van der Waals surface area contributed by atoms with Crippen LogP contribution in [0.2, 0.25) is 0 Å². The zero-order valence-electron chi connectivity index (χ0n) is 14.2. The summed E-state index contributed by atoms with van der Waals surface area (Å²) in [6.45, 7) is 4.75. The van der Waals surface area contributed by atoms with Crippen LogP contribution in [0.1, 0.15) is 19.4 Å². The molecule has 0 spiro atoms. The number of thioether (sulfide) groups is 1. The molecule has 0 unspecified atom stereocenters. The smallest absolute Gasteiger partial charge is 0.331 e. The Morgan fingerprint density at radius 2 is 2.12 bits per heavy atom. The lowest BCUT2D eigenvalue weighted by atomic mass is 10.2. The van der Waals surface area contributed by atoms with E-state index in [0.29, 0.717) is 12.5 Å². The number of carbonyl (C=O) groups excluding carboxylic acids is 2. The van der Waals surface area contributed by atoms with Crippen LogP contribution in [0.15, 0.2) is 45.4 Å². The van der Waals surface area contributed by atoms with Crippen LogP contribution in [0, 0.1) is 5.92 Å². The van der Waals surface area contributed by atoms with Gasteiger partial charge in [-0.05, 0) is 29.8 Å². The Labute approximate surface area is 150 Å². The zero-order valence-corrected chi connectivity index (χ0v) is 15.0. The number of ether oxygens (including phenoxy) is 2. The summed E-state index contributed by atoms with van der Waals surface area (Å²) in [5, 5.41) is 10.8. The fourth-order valence-corrected chi connectivity index (χ4v) is 2.50. The SMILES string of the molecule is COC(=O)/C=C1/S/C(=N\N=Cc2ccccc2OCC(C)C)NC1=O. The number of hydrogen-bond donors (Lipinski definition) is 1. The van der Waals surface area contributed by atoms with Gasteiger partial charge in [0.2, 0.25) is 0 Å². The highest BCUT2D eigenvalue weighted by Gasteiger charge is 2.24. The largest absolute Gasteiger partial charge is 0.493 e. The number of benzene rings is 1. The van der Waals surface area contributed by atoms with E-state index in [9.17, 15) is 9.59 Å². The first-order valence-electron chi connectivity index (χ1n) is 7.61. The Bertz CT molecular complexity index is 741. The van der Waals surface area contributed by atoms with Crippen LogP contribution in [0.4, 0.5) is 0 Å². The molecule has 0 radical (unpaired) electrons. The Hall–Kier alpha value is -2.61. The molecule has 1 amide bonds. The highest BCUT2D eigenvalue weighted by atomic mass is 32.2. The van der Waals surface area contributed by atoms with Crippen molar-refractivity contribution in [2.45, 2.75) is 13.8 Å². The first-order valence-corrected chi connectivity index (χ1v) is 8.43. The van der Waals surface area contributed by atoms with E-state index in [1.165, 1.54) is 7.11 Å². The molecule has 132 valence electrons. The van der Waals surface area contributed by atoms with Gasteiger partial charge in [0.25, 0.3) is 5.91 Å². The minimum absolute atomic E-state index is 0.210. The van der Waals surface area contributed by atoms with E-state index in [1.54, 1.807) is 6.21 Å². The van der Waals surface area contributed by atoms with Crippen LogP contribution in [-0.4, -0.2) is 37.0 Å². The minimum atomic E-state index is -0.598. The van der Waals surface area contributed by atoms with Crippen molar-refractivity contribution >= 4 is 35.0 Å². The molecule has 0 aromatic heterocycles. The number of nitrogens with one attached hydrogen (secondary N) is 1. The number of amidine groups is 1. The number of esters is 1. The Morgan fingerprint density at radius 1 is 1.36 bits per heavy atom. The summed E-state index contributed by atoms with van der Waals surface area (Å²) in [7, 11) is 1.25. The van der Waals surface area contributed by atoms with Gasteiger partial charge in [-0.2, -0.15) is 5.10 Å². The highest BCUT2D eigenvalue weighted by Crippen LogP contribution is 2.23. The van der Waals surface area contributed by atoms with Gasteiger partial charge in [0, 0.05) is 11.6 Å². The van der Waals surface area contributed by atoms with Crippen LogP contribution in [0.25, 0.3) is 0 Å². The van der Waals surface area contributed by atoms with Crippen molar-refractivity contribution in [1.82, 2.24) is 5.32 Å². The molecule has 8 heteroatoms. The predicted molar refractivity (Wildman–Crippen MR) is 97.6 cm³/mol. The Kier molecular flexibility index (Phi) is 6.76. The third-order valence-corrected chi connectivity index (χ3v) is 3.84.